The molecule has 6 nitrogen and oxygen atoms in total. The van der Waals surface area contributed by atoms with Crippen LogP contribution in [0, 0.1) is 5.92 Å². The third kappa shape index (κ3) is 2.90. The van der Waals surface area contributed by atoms with E-state index in [1.54, 1.807) is 6.92 Å². The number of carbonyl (C=O) groups excluding carboxylic acids is 2. The molecule has 1 fully saturated rings. The maximum atomic E-state index is 11.4. The molecule has 1 aliphatic rings. The number of carbonyl (C=O) groups is 2. The molecule has 0 radical (unpaired) electrons. The quantitative estimate of drug-likeness (QED) is 0.217. The highest BCUT2D eigenvalue weighted by Crippen LogP contribution is 2.20. The predicted octanol–water partition coefficient (Wildman–Crippen LogP) is -1.40. The Kier molecular flexibility index (Phi) is 4.05. The van der Waals surface area contributed by atoms with Crippen molar-refractivity contribution in [2.75, 3.05) is 13.1 Å². The van der Waals surface area contributed by atoms with Crippen molar-refractivity contribution in [1.29, 1.82) is 0 Å². The molecule has 4 N–H and O–H groups in total. The summed E-state index contributed by atoms with van der Waals surface area (Å²) in [6.45, 7) is 2.75. The van der Waals surface area contributed by atoms with Crippen LogP contribution < -0.4 is 11.3 Å². The highest BCUT2D eigenvalue weighted by molar-refractivity contribution is 6.34. The molecule has 1 aliphatic heterocycles. The molecule has 1 rings (SSSR count). The van der Waals surface area contributed by atoms with E-state index in [1.165, 1.54) is 4.90 Å². The minimum Gasteiger partial charge on any atom is -0.393 e. The monoisotopic (exact) mass is 215 g/mol. The first-order valence-electron chi connectivity index (χ1n) is 5.04. The number of nitrogens with zero attached hydrogens (tertiary/aromatic N) is 1. The molecule has 1 atom stereocenters. The summed E-state index contributed by atoms with van der Waals surface area (Å²) in [5.74, 6) is 3.70. The molecular formula is C9H17N3O3. The highest BCUT2D eigenvalue weighted by Gasteiger charge is 2.28. The van der Waals surface area contributed by atoms with Gasteiger partial charge >= 0.3 is 11.8 Å². The zero-order chi connectivity index (χ0) is 11.4. The van der Waals surface area contributed by atoms with Crippen LogP contribution in [0.3, 0.4) is 0 Å². The summed E-state index contributed by atoms with van der Waals surface area (Å²) >= 11 is 0. The largest absolute Gasteiger partial charge is 0.393 e. The maximum Gasteiger partial charge on any atom is 0.323 e. The van der Waals surface area contributed by atoms with Gasteiger partial charge in [-0.3, -0.25) is 15.0 Å². The SMILES string of the molecule is CC(O)C1CCN(C(=O)C(=O)NN)CC1. The molecule has 6 heteroatoms. The number of likely N-dealkylation sites (tertiary alicyclic amines) is 1. The van der Waals surface area contributed by atoms with Crippen LogP contribution in [-0.4, -0.2) is 41.0 Å². The van der Waals surface area contributed by atoms with Crippen molar-refractivity contribution < 1.29 is 14.7 Å². The van der Waals surface area contributed by atoms with Crippen molar-refractivity contribution in [1.82, 2.24) is 10.3 Å². The van der Waals surface area contributed by atoms with Crippen LogP contribution in [0.15, 0.2) is 0 Å². The van der Waals surface area contributed by atoms with Gasteiger partial charge in [-0.15, -0.1) is 0 Å². The third-order valence-electron chi connectivity index (χ3n) is 2.83. The van der Waals surface area contributed by atoms with Crippen molar-refractivity contribution in [3.05, 3.63) is 0 Å². The van der Waals surface area contributed by atoms with Gasteiger partial charge in [0.05, 0.1) is 6.10 Å². The number of hydrogen-bond donors (Lipinski definition) is 3. The molecule has 15 heavy (non-hydrogen) atoms. The fraction of sp³-hybridized carbons (Fsp3) is 0.778. The molecule has 0 bridgehead atoms. The van der Waals surface area contributed by atoms with Crippen molar-refractivity contribution in [2.45, 2.75) is 25.9 Å². The molecule has 0 aromatic carbocycles. The van der Waals surface area contributed by atoms with E-state index in [0.29, 0.717) is 13.1 Å². The number of aliphatic hydroxyl groups excluding tert-OH is 1. The number of rotatable bonds is 1. The second-order valence-electron chi connectivity index (χ2n) is 3.84. The summed E-state index contributed by atoms with van der Waals surface area (Å²) in [5, 5.41) is 9.35. The Labute approximate surface area is 88.4 Å². The van der Waals surface area contributed by atoms with Gasteiger partial charge in [-0.2, -0.15) is 0 Å². The average molecular weight is 215 g/mol. The van der Waals surface area contributed by atoms with Gasteiger partial charge in [0, 0.05) is 13.1 Å². The molecular weight excluding hydrogens is 198 g/mol. The first kappa shape index (κ1) is 11.9. The molecule has 0 spiro atoms. The van der Waals surface area contributed by atoms with Crippen LogP contribution in [0.1, 0.15) is 19.8 Å². The summed E-state index contributed by atoms with van der Waals surface area (Å²) in [6, 6.07) is 0. The lowest BCUT2D eigenvalue weighted by Gasteiger charge is -2.32. The van der Waals surface area contributed by atoms with E-state index in [4.69, 9.17) is 5.84 Å². The Morgan fingerprint density at radius 1 is 1.47 bits per heavy atom. The molecule has 0 aliphatic carbocycles. The number of piperidine rings is 1. The van der Waals surface area contributed by atoms with Gasteiger partial charge in [0.25, 0.3) is 0 Å². The average Bonchev–Trinajstić information content (AvgIpc) is 2.27. The minimum absolute atomic E-state index is 0.218. The van der Waals surface area contributed by atoms with Gasteiger partial charge in [-0.05, 0) is 25.7 Å². The zero-order valence-corrected chi connectivity index (χ0v) is 8.77. The molecule has 86 valence electrons. The smallest absolute Gasteiger partial charge is 0.323 e. The van der Waals surface area contributed by atoms with Gasteiger partial charge in [0.1, 0.15) is 0 Å². The number of nitrogens with two attached hydrogens (primary N) is 1. The Hall–Kier alpha value is -1.14. The Bertz CT molecular complexity index is 247. The number of amides is 2. The lowest BCUT2D eigenvalue weighted by atomic mass is 9.92. The second-order valence-corrected chi connectivity index (χ2v) is 3.84. The van der Waals surface area contributed by atoms with Crippen LogP contribution in [0.5, 0.6) is 0 Å². The van der Waals surface area contributed by atoms with E-state index in [-0.39, 0.29) is 12.0 Å². The van der Waals surface area contributed by atoms with Crippen molar-refractivity contribution >= 4 is 11.8 Å². The lowest BCUT2D eigenvalue weighted by molar-refractivity contribution is -0.147. The predicted molar refractivity (Wildman–Crippen MR) is 53.3 cm³/mol. The number of nitrogens with one attached hydrogen (secondary N) is 1. The number of hydrogen-bond acceptors (Lipinski definition) is 4. The Morgan fingerprint density at radius 2 is 2.00 bits per heavy atom. The summed E-state index contributed by atoms with van der Waals surface area (Å²) in [6.07, 6.45) is 1.09. The van der Waals surface area contributed by atoms with Crippen LogP contribution in [0.4, 0.5) is 0 Å². The highest BCUT2D eigenvalue weighted by atomic mass is 16.3. The summed E-state index contributed by atoms with van der Waals surface area (Å²) < 4.78 is 0. The van der Waals surface area contributed by atoms with Gasteiger partial charge in [0.2, 0.25) is 0 Å². The normalized spacial score (nSPS) is 19.8. The molecule has 0 aromatic heterocycles. The summed E-state index contributed by atoms with van der Waals surface area (Å²) in [5.41, 5.74) is 1.82. The topological polar surface area (TPSA) is 95.7 Å². The van der Waals surface area contributed by atoms with Crippen molar-refractivity contribution in [3.63, 3.8) is 0 Å². The zero-order valence-electron chi connectivity index (χ0n) is 8.77. The summed E-state index contributed by atoms with van der Waals surface area (Å²) in [7, 11) is 0. The van der Waals surface area contributed by atoms with E-state index in [0.717, 1.165) is 12.8 Å². The Balaban J connectivity index is 2.44. The molecule has 0 saturated carbocycles. The van der Waals surface area contributed by atoms with Crippen LogP contribution in [0.25, 0.3) is 0 Å². The minimum atomic E-state index is -0.787. The number of aliphatic hydroxyl groups is 1. The molecule has 2 amide bonds. The van der Waals surface area contributed by atoms with E-state index >= 15 is 0 Å². The fourth-order valence-electron chi connectivity index (χ4n) is 1.79. The van der Waals surface area contributed by atoms with Gasteiger partial charge in [0.15, 0.2) is 0 Å². The third-order valence-corrected chi connectivity index (χ3v) is 2.83. The van der Waals surface area contributed by atoms with Crippen LogP contribution >= 0.6 is 0 Å². The van der Waals surface area contributed by atoms with Crippen molar-refractivity contribution in [2.24, 2.45) is 11.8 Å². The van der Waals surface area contributed by atoms with E-state index in [2.05, 4.69) is 0 Å². The van der Waals surface area contributed by atoms with Gasteiger partial charge in [-0.25, -0.2) is 5.84 Å². The van der Waals surface area contributed by atoms with Crippen LogP contribution in [0.2, 0.25) is 0 Å². The molecule has 1 unspecified atom stereocenters. The van der Waals surface area contributed by atoms with E-state index in [1.807, 2.05) is 5.43 Å². The first-order valence-corrected chi connectivity index (χ1v) is 5.04. The fourth-order valence-corrected chi connectivity index (χ4v) is 1.79. The van der Waals surface area contributed by atoms with E-state index < -0.39 is 11.8 Å². The molecule has 1 saturated heterocycles. The first-order chi connectivity index (χ1) is 7.06. The van der Waals surface area contributed by atoms with E-state index in [9.17, 15) is 14.7 Å². The second kappa shape index (κ2) is 5.09. The van der Waals surface area contributed by atoms with Crippen LogP contribution in [-0.2, 0) is 9.59 Å². The number of hydrazine groups is 1. The summed E-state index contributed by atoms with van der Waals surface area (Å²) in [4.78, 5) is 23.8. The molecule has 0 aromatic rings. The standard InChI is InChI=1S/C9H17N3O3/c1-6(13)7-2-4-12(5-3-7)9(15)8(14)11-10/h6-7,13H,2-5,10H2,1H3,(H,11,14). The molecule has 1 heterocycles. The van der Waals surface area contributed by atoms with Crippen molar-refractivity contribution in [3.8, 4) is 0 Å². The van der Waals surface area contributed by atoms with Gasteiger partial charge < -0.3 is 10.0 Å². The maximum absolute atomic E-state index is 11.4. The lowest BCUT2D eigenvalue weighted by Crippen LogP contribution is -2.49. The van der Waals surface area contributed by atoms with Gasteiger partial charge in [-0.1, -0.05) is 0 Å². The Morgan fingerprint density at radius 3 is 2.40 bits per heavy atom.